The number of nitrogens with one attached hydrogen (secondary N) is 1. The summed E-state index contributed by atoms with van der Waals surface area (Å²) in [4.78, 5) is 19.1. The topological polar surface area (TPSA) is 71.8 Å². The average Bonchev–Trinajstić information content (AvgIpc) is 2.98. The van der Waals surface area contributed by atoms with Gasteiger partial charge in [-0.05, 0) is 24.1 Å². The highest BCUT2D eigenvalue weighted by atomic mass is 16.1. The molecule has 0 unspecified atom stereocenters. The molecule has 1 heterocycles. The van der Waals surface area contributed by atoms with E-state index in [-0.39, 0.29) is 0 Å². The molecule has 1 aromatic heterocycles. The molecule has 0 fully saturated rings. The summed E-state index contributed by atoms with van der Waals surface area (Å²) >= 11 is 0. The molecule has 0 aliphatic rings. The number of rotatable bonds is 3. The fraction of sp³-hybridized carbons (Fsp3) is 0.0588. The molecule has 0 radical (unpaired) electrons. The first-order valence-corrected chi connectivity index (χ1v) is 6.67. The fourth-order valence-corrected chi connectivity index (χ4v) is 2.38. The lowest BCUT2D eigenvalue weighted by Crippen LogP contribution is -2.13. The van der Waals surface area contributed by atoms with Gasteiger partial charge in [-0.15, -0.1) is 0 Å². The van der Waals surface area contributed by atoms with E-state index in [4.69, 9.17) is 5.73 Å². The summed E-state index contributed by atoms with van der Waals surface area (Å²) in [6, 6.07) is 15.4. The second kappa shape index (κ2) is 5.25. The van der Waals surface area contributed by atoms with Gasteiger partial charge in [0, 0.05) is 11.1 Å². The molecule has 3 aromatic rings. The quantitative estimate of drug-likeness (QED) is 0.772. The van der Waals surface area contributed by atoms with Gasteiger partial charge in [-0.2, -0.15) is 0 Å². The molecule has 4 nitrogen and oxygen atoms in total. The van der Waals surface area contributed by atoms with Crippen molar-refractivity contribution in [2.75, 3.05) is 0 Å². The predicted molar refractivity (Wildman–Crippen MR) is 82.7 cm³/mol. The number of hydrogen-bond acceptors (Lipinski definition) is 2. The van der Waals surface area contributed by atoms with E-state index in [1.165, 1.54) is 0 Å². The maximum Gasteiger partial charge on any atom is 0.248 e. The number of amides is 1. The van der Waals surface area contributed by atoms with Gasteiger partial charge in [0.05, 0.1) is 11.9 Å². The second-order valence-electron chi connectivity index (χ2n) is 4.85. The molecule has 4 heteroatoms. The first kappa shape index (κ1) is 13.1. The van der Waals surface area contributed by atoms with Crippen molar-refractivity contribution < 1.29 is 4.79 Å². The van der Waals surface area contributed by atoms with Crippen molar-refractivity contribution in [3.63, 3.8) is 0 Å². The Kier molecular flexibility index (Phi) is 3.28. The van der Waals surface area contributed by atoms with Crippen LogP contribution in [0.15, 0.2) is 54.7 Å². The van der Waals surface area contributed by atoms with Crippen LogP contribution in [-0.2, 0) is 0 Å². The van der Waals surface area contributed by atoms with Crippen molar-refractivity contribution in [1.82, 2.24) is 9.97 Å². The lowest BCUT2D eigenvalue weighted by Gasteiger charge is -2.06. The first-order chi connectivity index (χ1) is 10.2. The number of primary amides is 1. The maximum absolute atomic E-state index is 11.4. The predicted octanol–water partition coefficient (Wildman–Crippen LogP) is 3.15. The summed E-state index contributed by atoms with van der Waals surface area (Å²) in [5.41, 5.74) is 9.63. The van der Waals surface area contributed by atoms with Gasteiger partial charge in [0.1, 0.15) is 5.82 Å². The summed E-state index contributed by atoms with van der Waals surface area (Å²) in [5.74, 6) is 0.304. The van der Waals surface area contributed by atoms with Crippen LogP contribution in [0.5, 0.6) is 0 Å². The van der Waals surface area contributed by atoms with Crippen LogP contribution in [0.4, 0.5) is 0 Å². The second-order valence-corrected chi connectivity index (χ2v) is 4.85. The van der Waals surface area contributed by atoms with Crippen LogP contribution in [-0.4, -0.2) is 15.9 Å². The van der Waals surface area contributed by atoms with Gasteiger partial charge in [-0.3, -0.25) is 4.79 Å². The molecule has 104 valence electrons. The number of H-pyrrole nitrogens is 1. The summed E-state index contributed by atoms with van der Waals surface area (Å²) in [7, 11) is 0. The average molecular weight is 277 g/mol. The smallest absolute Gasteiger partial charge is 0.248 e. The van der Waals surface area contributed by atoms with E-state index in [9.17, 15) is 4.79 Å². The lowest BCUT2D eigenvalue weighted by molar-refractivity contribution is 0.1000. The van der Waals surface area contributed by atoms with Crippen molar-refractivity contribution in [2.24, 2.45) is 5.73 Å². The molecule has 1 amide bonds. The molecular weight excluding hydrogens is 262 g/mol. The maximum atomic E-state index is 11.4. The van der Waals surface area contributed by atoms with Crippen LogP contribution in [0.25, 0.3) is 22.6 Å². The van der Waals surface area contributed by atoms with Crippen LogP contribution in [0.2, 0.25) is 0 Å². The van der Waals surface area contributed by atoms with Crippen LogP contribution < -0.4 is 5.73 Å². The number of benzene rings is 2. The van der Waals surface area contributed by atoms with E-state index in [0.717, 1.165) is 28.2 Å². The molecule has 21 heavy (non-hydrogen) atoms. The Morgan fingerprint density at radius 1 is 1.10 bits per heavy atom. The Morgan fingerprint density at radius 2 is 1.86 bits per heavy atom. The van der Waals surface area contributed by atoms with Gasteiger partial charge in [0.2, 0.25) is 5.91 Å². The molecule has 0 aliphatic carbocycles. The Labute approximate surface area is 122 Å². The Hall–Kier alpha value is -2.88. The molecule has 0 spiro atoms. The van der Waals surface area contributed by atoms with E-state index in [2.05, 4.69) is 9.97 Å². The monoisotopic (exact) mass is 277 g/mol. The van der Waals surface area contributed by atoms with E-state index in [0.29, 0.717) is 5.56 Å². The van der Waals surface area contributed by atoms with Gasteiger partial charge < -0.3 is 10.7 Å². The van der Waals surface area contributed by atoms with Crippen LogP contribution in [0.3, 0.4) is 0 Å². The number of imidazole rings is 1. The van der Waals surface area contributed by atoms with E-state index in [1.807, 2.05) is 49.4 Å². The van der Waals surface area contributed by atoms with Crippen LogP contribution >= 0.6 is 0 Å². The molecule has 0 saturated heterocycles. The van der Waals surface area contributed by atoms with Crippen molar-refractivity contribution in [2.45, 2.75) is 6.92 Å². The highest BCUT2D eigenvalue weighted by Gasteiger charge is 2.12. The van der Waals surface area contributed by atoms with Crippen molar-refractivity contribution in [3.05, 3.63) is 65.9 Å². The normalized spacial score (nSPS) is 10.5. The number of carbonyl (C=O) groups is 1. The van der Waals surface area contributed by atoms with Crippen LogP contribution in [0, 0.1) is 6.92 Å². The zero-order valence-electron chi connectivity index (χ0n) is 11.6. The van der Waals surface area contributed by atoms with Gasteiger partial charge in [0.25, 0.3) is 0 Å². The number of nitrogens with two attached hydrogens (primary N) is 1. The number of carbonyl (C=O) groups excluding carboxylic acids is 1. The van der Waals surface area contributed by atoms with Gasteiger partial charge in [-0.1, -0.05) is 42.5 Å². The number of aromatic amines is 1. The minimum Gasteiger partial charge on any atom is -0.366 e. The minimum absolute atomic E-state index is 0.427. The van der Waals surface area contributed by atoms with Gasteiger partial charge in [0.15, 0.2) is 0 Å². The fourth-order valence-electron chi connectivity index (χ4n) is 2.38. The summed E-state index contributed by atoms with van der Waals surface area (Å²) in [6.07, 6.45) is 1.79. The summed E-state index contributed by atoms with van der Waals surface area (Å²) in [6.45, 7) is 1.88. The molecule has 0 bridgehead atoms. The first-order valence-electron chi connectivity index (χ1n) is 6.67. The molecule has 0 saturated carbocycles. The molecular formula is C17H15N3O. The summed E-state index contributed by atoms with van der Waals surface area (Å²) < 4.78 is 0. The van der Waals surface area contributed by atoms with Crippen molar-refractivity contribution >= 4 is 5.91 Å². The standard InChI is InChI=1S/C17H15N3O/c1-11-13(16(18)21)8-5-9-14(11)17-19-10-15(20-17)12-6-3-2-4-7-12/h2-10H,1H3,(H2,18,21)(H,19,20). The Bertz CT molecular complexity index is 791. The minimum atomic E-state index is -0.427. The van der Waals surface area contributed by atoms with E-state index < -0.39 is 5.91 Å². The SMILES string of the molecule is Cc1c(C(N)=O)cccc1-c1ncc(-c2ccccc2)[nH]1. The third-order valence-corrected chi connectivity index (χ3v) is 3.51. The van der Waals surface area contributed by atoms with Crippen LogP contribution in [0.1, 0.15) is 15.9 Å². The zero-order chi connectivity index (χ0) is 14.8. The molecule has 3 N–H and O–H groups in total. The third kappa shape index (κ3) is 2.43. The molecule has 0 atom stereocenters. The molecule has 0 aliphatic heterocycles. The largest absolute Gasteiger partial charge is 0.366 e. The van der Waals surface area contributed by atoms with Crippen molar-refractivity contribution in [3.8, 4) is 22.6 Å². The van der Waals surface area contributed by atoms with E-state index in [1.54, 1.807) is 12.3 Å². The number of nitrogens with zero attached hydrogens (tertiary/aromatic N) is 1. The Morgan fingerprint density at radius 3 is 2.57 bits per heavy atom. The highest BCUT2D eigenvalue weighted by molar-refractivity contribution is 5.96. The molecule has 3 rings (SSSR count). The summed E-state index contributed by atoms with van der Waals surface area (Å²) in [5, 5.41) is 0. The number of hydrogen-bond donors (Lipinski definition) is 2. The van der Waals surface area contributed by atoms with Gasteiger partial charge in [-0.25, -0.2) is 4.98 Å². The van der Waals surface area contributed by atoms with E-state index >= 15 is 0 Å². The van der Waals surface area contributed by atoms with Crippen molar-refractivity contribution in [1.29, 1.82) is 0 Å². The Balaban J connectivity index is 2.05. The molecule has 2 aromatic carbocycles. The zero-order valence-corrected chi connectivity index (χ0v) is 11.6. The highest BCUT2D eigenvalue weighted by Crippen LogP contribution is 2.26. The third-order valence-electron chi connectivity index (χ3n) is 3.51. The van der Waals surface area contributed by atoms with Gasteiger partial charge >= 0.3 is 0 Å². The lowest BCUT2D eigenvalue weighted by atomic mass is 10.0. The number of aromatic nitrogens is 2.